The molecule has 0 amide bonds. The van der Waals surface area contributed by atoms with Gasteiger partial charge in [0.05, 0.1) is 26.0 Å². The highest BCUT2D eigenvalue weighted by Crippen LogP contribution is 2.42. The second-order valence-corrected chi connectivity index (χ2v) is 13.0. The van der Waals surface area contributed by atoms with Crippen molar-refractivity contribution in [2.45, 2.75) is 44.0 Å². The van der Waals surface area contributed by atoms with Crippen LogP contribution in [0.4, 0.5) is 0 Å². The number of rotatable bonds is 9. The fraction of sp³-hybridized carbons (Fsp3) is 0.429. The van der Waals surface area contributed by atoms with Gasteiger partial charge in [0.2, 0.25) is 10.0 Å². The Morgan fingerprint density at radius 3 is 2.23 bits per heavy atom. The highest BCUT2D eigenvalue weighted by Gasteiger charge is 2.48. The molecule has 0 aromatic heterocycles. The molecule has 0 saturated carbocycles. The van der Waals surface area contributed by atoms with Gasteiger partial charge in [0.15, 0.2) is 11.5 Å². The molecule has 0 spiro atoms. The summed E-state index contributed by atoms with van der Waals surface area (Å²) < 4.78 is 39.6. The number of carbonyl (C=O) groups excluding carboxylic acids is 1. The number of sulfonamides is 1. The molecule has 210 valence electrons. The van der Waals surface area contributed by atoms with Crippen molar-refractivity contribution in [3.8, 4) is 11.5 Å². The number of hydrogen-bond donors (Lipinski definition) is 0. The third-order valence-corrected chi connectivity index (χ3v) is 10.4. The van der Waals surface area contributed by atoms with E-state index >= 15 is 0 Å². The fourth-order valence-electron chi connectivity index (χ4n) is 5.42. The molecule has 0 bridgehead atoms. The Bertz CT molecular complexity index is 1370. The molecular weight excluding hydrogens is 561 g/mol. The molecule has 0 radical (unpaired) electrons. The predicted molar refractivity (Wildman–Crippen MR) is 154 cm³/mol. The number of halogens is 2. The Balaban J connectivity index is 1.58. The minimum absolute atomic E-state index is 0.116. The van der Waals surface area contributed by atoms with E-state index < -0.39 is 26.7 Å². The van der Waals surface area contributed by atoms with Crippen molar-refractivity contribution in [3.63, 3.8) is 0 Å². The monoisotopic (exact) mass is 593 g/mol. The molecule has 2 aromatic rings. The molecule has 39 heavy (non-hydrogen) atoms. The van der Waals surface area contributed by atoms with Crippen molar-refractivity contribution in [3.05, 3.63) is 70.2 Å². The van der Waals surface area contributed by atoms with Crippen molar-refractivity contribution in [1.82, 2.24) is 9.31 Å². The van der Waals surface area contributed by atoms with E-state index in [1.165, 1.54) is 10.4 Å². The molecule has 8 nitrogen and oxygen atoms in total. The number of piperidine rings is 1. The molecule has 2 aliphatic heterocycles. The van der Waals surface area contributed by atoms with Crippen LogP contribution in [-0.4, -0.2) is 69.1 Å². The molecular formula is C28H33Cl2N3O5S. The summed E-state index contributed by atoms with van der Waals surface area (Å²) in [4.78, 5) is 12.3. The van der Waals surface area contributed by atoms with Gasteiger partial charge in [0.1, 0.15) is 17.6 Å². The van der Waals surface area contributed by atoms with E-state index in [4.69, 9.17) is 37.8 Å². The van der Waals surface area contributed by atoms with E-state index in [2.05, 4.69) is 6.58 Å². The van der Waals surface area contributed by atoms with Crippen LogP contribution in [0.2, 0.25) is 10.0 Å². The lowest BCUT2D eigenvalue weighted by molar-refractivity contribution is -0.115. The Kier molecular flexibility index (Phi) is 8.66. The van der Waals surface area contributed by atoms with Crippen LogP contribution in [0.1, 0.15) is 43.1 Å². The quantitative estimate of drug-likeness (QED) is 0.288. The Labute approximate surface area is 240 Å². The summed E-state index contributed by atoms with van der Waals surface area (Å²) in [5, 5.41) is 6.25. The number of aldehydes is 1. The zero-order chi connectivity index (χ0) is 28.5. The van der Waals surface area contributed by atoms with Crippen LogP contribution in [0.3, 0.4) is 0 Å². The zero-order valence-electron chi connectivity index (χ0n) is 22.4. The van der Waals surface area contributed by atoms with Crippen molar-refractivity contribution in [1.29, 1.82) is 0 Å². The first-order valence-electron chi connectivity index (χ1n) is 12.6. The first kappa shape index (κ1) is 29.4. The summed E-state index contributed by atoms with van der Waals surface area (Å²) in [6.07, 6.45) is 3.29. The average molecular weight is 595 g/mol. The zero-order valence-corrected chi connectivity index (χ0v) is 24.8. The largest absolute Gasteiger partial charge is 0.493 e. The molecule has 4 rings (SSSR count). The van der Waals surface area contributed by atoms with E-state index in [1.807, 2.05) is 37.1 Å². The molecule has 1 fully saturated rings. The van der Waals surface area contributed by atoms with Crippen LogP contribution < -0.4 is 9.47 Å². The highest BCUT2D eigenvalue weighted by molar-refractivity contribution is 7.89. The third-order valence-electron chi connectivity index (χ3n) is 7.61. The Morgan fingerprint density at radius 2 is 1.69 bits per heavy atom. The van der Waals surface area contributed by atoms with Gasteiger partial charge in [-0.15, -0.1) is 6.58 Å². The minimum atomic E-state index is -3.83. The van der Waals surface area contributed by atoms with Gasteiger partial charge in [0, 0.05) is 39.7 Å². The van der Waals surface area contributed by atoms with Gasteiger partial charge in [0.25, 0.3) is 0 Å². The number of ether oxygens (including phenoxy) is 2. The minimum Gasteiger partial charge on any atom is -0.493 e. The van der Waals surface area contributed by atoms with Gasteiger partial charge in [-0.2, -0.15) is 5.10 Å². The van der Waals surface area contributed by atoms with Crippen molar-refractivity contribution >= 4 is 45.2 Å². The number of nitrogens with zero attached hydrogens (tertiary/aromatic N) is 3. The fourth-order valence-corrected chi connectivity index (χ4v) is 8.02. The van der Waals surface area contributed by atoms with Gasteiger partial charge >= 0.3 is 0 Å². The van der Waals surface area contributed by atoms with E-state index in [-0.39, 0.29) is 29.2 Å². The van der Waals surface area contributed by atoms with Crippen LogP contribution in [0, 0.1) is 5.41 Å². The standard InChI is InChI=1S/C28H33Cl2N3O5S/c1-6-24(26-20(29)8-7-9-21(26)30)39(35,36)32-14-12-19(13-15-32)33-25(17-34)28(2,3)27(31-33)18-10-11-22(37-4)23(16-18)38-5/h6-11,16-17,19,24-25H,1,12-15H2,2-5H3. The number of benzene rings is 2. The summed E-state index contributed by atoms with van der Waals surface area (Å²) in [6.45, 7) is 8.26. The molecule has 0 aliphatic carbocycles. The van der Waals surface area contributed by atoms with E-state index in [0.29, 0.717) is 29.9 Å². The van der Waals surface area contributed by atoms with Crippen LogP contribution in [-0.2, 0) is 14.8 Å². The molecule has 2 aromatic carbocycles. The van der Waals surface area contributed by atoms with Crippen LogP contribution in [0.15, 0.2) is 54.2 Å². The maximum atomic E-state index is 13.6. The average Bonchev–Trinajstić information content (AvgIpc) is 3.20. The summed E-state index contributed by atoms with van der Waals surface area (Å²) in [5.74, 6) is 1.18. The van der Waals surface area contributed by atoms with Crippen LogP contribution in [0.5, 0.6) is 11.5 Å². The summed E-state index contributed by atoms with van der Waals surface area (Å²) >= 11 is 12.7. The maximum Gasteiger partial charge on any atom is 0.224 e. The van der Waals surface area contributed by atoms with Gasteiger partial charge < -0.3 is 14.3 Å². The molecule has 11 heteroatoms. The molecule has 2 atom stereocenters. The first-order valence-corrected chi connectivity index (χ1v) is 14.9. The van der Waals surface area contributed by atoms with Gasteiger partial charge in [-0.3, -0.25) is 5.01 Å². The van der Waals surface area contributed by atoms with E-state index in [9.17, 15) is 13.2 Å². The third kappa shape index (κ3) is 5.29. The lowest BCUT2D eigenvalue weighted by atomic mass is 9.78. The van der Waals surface area contributed by atoms with Crippen molar-refractivity contribution in [2.75, 3.05) is 27.3 Å². The Hall–Kier alpha value is -2.59. The van der Waals surface area contributed by atoms with Crippen LogP contribution in [0.25, 0.3) is 0 Å². The van der Waals surface area contributed by atoms with E-state index in [1.54, 1.807) is 32.4 Å². The highest BCUT2D eigenvalue weighted by atomic mass is 35.5. The number of carbonyl (C=O) groups is 1. The van der Waals surface area contributed by atoms with Gasteiger partial charge in [-0.1, -0.05) is 49.2 Å². The molecule has 2 aliphatic rings. The number of methoxy groups -OCH3 is 2. The lowest BCUT2D eigenvalue weighted by Gasteiger charge is -2.39. The molecule has 1 saturated heterocycles. The summed E-state index contributed by atoms with van der Waals surface area (Å²) in [5.41, 5.74) is 1.33. The molecule has 0 N–H and O–H groups in total. The smallest absolute Gasteiger partial charge is 0.224 e. The van der Waals surface area contributed by atoms with Crippen LogP contribution >= 0.6 is 23.2 Å². The van der Waals surface area contributed by atoms with Gasteiger partial charge in [-0.05, 0) is 43.2 Å². The number of hydrazone groups is 1. The predicted octanol–water partition coefficient (Wildman–Crippen LogP) is 5.35. The first-order chi connectivity index (χ1) is 18.5. The second-order valence-electron chi connectivity index (χ2n) is 10.2. The topological polar surface area (TPSA) is 88.5 Å². The molecule has 2 heterocycles. The van der Waals surface area contributed by atoms with Gasteiger partial charge in [-0.25, -0.2) is 12.7 Å². The van der Waals surface area contributed by atoms with E-state index in [0.717, 1.165) is 17.6 Å². The normalized spacial score (nSPS) is 20.8. The summed E-state index contributed by atoms with van der Waals surface area (Å²) in [6, 6.07) is 9.85. The second kappa shape index (κ2) is 11.5. The molecule has 2 unspecified atom stereocenters. The SMILES string of the molecule is C=CC(c1c(Cl)cccc1Cl)S(=O)(=O)N1CCC(N2N=C(c3ccc(OC)c(OC)c3)C(C)(C)C2C=O)CC1. The van der Waals surface area contributed by atoms with Crippen molar-refractivity contribution in [2.24, 2.45) is 10.5 Å². The maximum absolute atomic E-state index is 13.6. The lowest BCUT2D eigenvalue weighted by Crippen LogP contribution is -2.50. The number of hydrogen-bond acceptors (Lipinski definition) is 7. The van der Waals surface area contributed by atoms with Crippen molar-refractivity contribution < 1.29 is 22.7 Å². The summed E-state index contributed by atoms with van der Waals surface area (Å²) in [7, 11) is -0.686. The Morgan fingerprint density at radius 1 is 1.08 bits per heavy atom.